The Hall–Kier alpha value is -4.20. The lowest BCUT2D eigenvalue weighted by Gasteiger charge is -2.37. The second kappa shape index (κ2) is 8.41. The van der Waals surface area contributed by atoms with Crippen molar-refractivity contribution >= 4 is 34.5 Å². The first kappa shape index (κ1) is 24.2. The van der Waals surface area contributed by atoms with E-state index in [4.69, 9.17) is 10.3 Å². The molecule has 4 aromatic rings. The molecule has 1 aliphatic heterocycles. The van der Waals surface area contributed by atoms with Crippen molar-refractivity contribution in [2.24, 2.45) is 0 Å². The number of nitrogens with one attached hydrogen (secondary N) is 2. The molecule has 0 atom stereocenters. The van der Waals surface area contributed by atoms with Gasteiger partial charge in [0.05, 0.1) is 17.1 Å². The van der Waals surface area contributed by atoms with Crippen molar-refractivity contribution in [2.45, 2.75) is 30.5 Å². The largest absolute Gasteiger partial charge is 0.400 e. The number of nitrogens with two attached hydrogens (primary N) is 1. The average Bonchev–Trinajstić information content (AvgIpc) is 3.39. The zero-order chi connectivity index (χ0) is 26.8. The molecule has 1 aromatic carbocycles. The molecule has 1 saturated carbocycles. The molecule has 38 heavy (non-hydrogen) atoms. The maximum atomic E-state index is 15.1. The highest BCUT2D eigenvalue weighted by Gasteiger charge is 2.66. The number of amides is 2. The standard InChI is InChI=1S/C24H22F4N8O2/c1-35-8-13(9-35)36-10-14(19-20(29)30-11-31-21(19)36)12-2-3-16(15(25)6-12)32-22(37)33-18-7-17(34-38-18)23(4-5-23)24(26,27)28/h2-3,6-7,10-11,13H,4-5,8-9H2,1H3,(H2,29,30,31)(H2,32,33,37). The van der Waals surface area contributed by atoms with E-state index < -0.39 is 23.4 Å². The Morgan fingerprint density at radius 3 is 2.61 bits per heavy atom. The Balaban J connectivity index is 1.21. The summed E-state index contributed by atoms with van der Waals surface area (Å²) in [4.78, 5) is 23.0. The van der Waals surface area contributed by atoms with Crippen molar-refractivity contribution in [1.82, 2.24) is 24.6 Å². The second-order valence-corrected chi connectivity index (χ2v) is 9.71. The third-order valence-corrected chi connectivity index (χ3v) is 7.14. The summed E-state index contributed by atoms with van der Waals surface area (Å²) in [6.07, 6.45) is -1.40. The first-order valence-corrected chi connectivity index (χ1v) is 11.8. The number of hydrogen-bond donors (Lipinski definition) is 3. The molecule has 2 amide bonds. The lowest BCUT2D eigenvalue weighted by Crippen LogP contribution is -2.44. The van der Waals surface area contributed by atoms with E-state index in [1.165, 1.54) is 18.5 Å². The summed E-state index contributed by atoms with van der Waals surface area (Å²) in [6, 6.07) is 4.56. The molecule has 1 aliphatic carbocycles. The Bertz CT molecular complexity index is 1550. The summed E-state index contributed by atoms with van der Waals surface area (Å²) in [5, 5.41) is 8.65. The molecule has 2 aliphatic rings. The lowest BCUT2D eigenvalue weighted by atomic mass is 10.0. The average molecular weight is 530 g/mol. The third-order valence-electron chi connectivity index (χ3n) is 7.14. The van der Waals surface area contributed by atoms with Crippen LogP contribution in [0.25, 0.3) is 22.2 Å². The van der Waals surface area contributed by atoms with Gasteiger partial charge in [-0.3, -0.25) is 5.32 Å². The molecule has 4 N–H and O–H groups in total. The highest BCUT2D eigenvalue weighted by atomic mass is 19.4. The summed E-state index contributed by atoms with van der Waals surface area (Å²) in [5.41, 5.74) is 5.47. The van der Waals surface area contributed by atoms with Gasteiger partial charge in [-0.25, -0.2) is 19.2 Å². The van der Waals surface area contributed by atoms with E-state index in [0.29, 0.717) is 22.2 Å². The van der Waals surface area contributed by atoms with E-state index >= 15 is 4.39 Å². The van der Waals surface area contributed by atoms with Crippen LogP contribution in [0, 0.1) is 5.82 Å². The Kier molecular flexibility index (Phi) is 5.35. The predicted octanol–water partition coefficient (Wildman–Crippen LogP) is 4.53. The fraction of sp³-hybridized carbons (Fsp3) is 0.333. The molecule has 1 saturated heterocycles. The Morgan fingerprint density at radius 2 is 1.95 bits per heavy atom. The van der Waals surface area contributed by atoms with E-state index in [1.54, 1.807) is 6.07 Å². The maximum absolute atomic E-state index is 15.1. The molecule has 10 nitrogen and oxygen atoms in total. The van der Waals surface area contributed by atoms with Gasteiger partial charge in [-0.15, -0.1) is 0 Å². The Morgan fingerprint density at radius 1 is 1.18 bits per heavy atom. The van der Waals surface area contributed by atoms with Crippen LogP contribution in [0.15, 0.2) is 41.3 Å². The van der Waals surface area contributed by atoms with Crippen molar-refractivity contribution < 1.29 is 26.9 Å². The van der Waals surface area contributed by atoms with E-state index in [9.17, 15) is 18.0 Å². The number of halogens is 4. The number of nitrogen functional groups attached to an aromatic ring is 1. The first-order chi connectivity index (χ1) is 18.1. The summed E-state index contributed by atoms with van der Waals surface area (Å²) in [6.45, 7) is 1.67. The maximum Gasteiger partial charge on any atom is 0.400 e. The zero-order valence-corrected chi connectivity index (χ0v) is 20.0. The second-order valence-electron chi connectivity index (χ2n) is 9.71. The van der Waals surface area contributed by atoms with E-state index in [2.05, 4.69) is 30.7 Å². The summed E-state index contributed by atoms with van der Waals surface area (Å²) in [5.74, 6) is -0.747. The van der Waals surface area contributed by atoms with Crippen LogP contribution < -0.4 is 16.4 Å². The van der Waals surface area contributed by atoms with Crippen molar-refractivity contribution in [3.05, 3.63) is 48.3 Å². The molecular formula is C24H22F4N8O2. The van der Waals surface area contributed by atoms with Gasteiger partial charge < -0.3 is 25.0 Å². The zero-order valence-electron chi connectivity index (χ0n) is 20.0. The van der Waals surface area contributed by atoms with E-state index in [-0.39, 0.29) is 42.0 Å². The number of carbonyl (C=O) groups excluding carboxylic acids is 1. The first-order valence-electron chi connectivity index (χ1n) is 11.8. The minimum Gasteiger partial charge on any atom is -0.383 e. The van der Waals surface area contributed by atoms with Gasteiger partial charge in [-0.05, 0) is 37.6 Å². The third kappa shape index (κ3) is 3.91. The van der Waals surface area contributed by atoms with Gasteiger partial charge in [0.25, 0.3) is 0 Å². The summed E-state index contributed by atoms with van der Waals surface area (Å²) < 4.78 is 61.8. The van der Waals surface area contributed by atoms with Crippen molar-refractivity contribution in [1.29, 1.82) is 0 Å². The number of anilines is 3. The fourth-order valence-electron chi connectivity index (χ4n) is 4.87. The highest BCUT2D eigenvalue weighted by molar-refractivity contribution is 6.02. The van der Waals surface area contributed by atoms with Crippen LogP contribution in [0.3, 0.4) is 0 Å². The number of likely N-dealkylation sites (N-methyl/N-ethyl adjacent to an activating group) is 1. The molecule has 6 rings (SSSR count). The number of fused-ring (bicyclic) bond motifs is 1. The molecule has 0 bridgehead atoms. The van der Waals surface area contributed by atoms with Crippen LogP contribution in [0.4, 0.5) is 39.7 Å². The van der Waals surface area contributed by atoms with E-state index in [1.807, 2.05) is 17.8 Å². The molecule has 2 fully saturated rings. The number of benzene rings is 1. The van der Waals surface area contributed by atoms with Gasteiger partial charge in [-0.2, -0.15) is 13.2 Å². The number of rotatable bonds is 5. The topological polar surface area (TPSA) is 127 Å². The number of carbonyl (C=O) groups is 1. The number of likely N-dealkylation sites (tertiary alicyclic amines) is 1. The minimum atomic E-state index is -4.47. The van der Waals surface area contributed by atoms with Crippen molar-refractivity contribution in [3.8, 4) is 11.1 Å². The van der Waals surface area contributed by atoms with Crippen LogP contribution in [0.5, 0.6) is 0 Å². The van der Waals surface area contributed by atoms with E-state index in [0.717, 1.165) is 19.2 Å². The van der Waals surface area contributed by atoms with Crippen LogP contribution in [-0.4, -0.2) is 56.9 Å². The number of nitrogens with zero attached hydrogens (tertiary/aromatic N) is 5. The molecule has 3 aromatic heterocycles. The highest BCUT2D eigenvalue weighted by Crippen LogP contribution is 2.58. The monoisotopic (exact) mass is 530 g/mol. The smallest absolute Gasteiger partial charge is 0.383 e. The van der Waals surface area contributed by atoms with Crippen LogP contribution >= 0.6 is 0 Å². The number of hydrogen-bond acceptors (Lipinski definition) is 7. The van der Waals surface area contributed by atoms with Gasteiger partial charge in [0.1, 0.15) is 34.7 Å². The van der Waals surface area contributed by atoms with Gasteiger partial charge >= 0.3 is 12.2 Å². The molecule has 0 spiro atoms. The molecular weight excluding hydrogens is 508 g/mol. The summed E-state index contributed by atoms with van der Waals surface area (Å²) in [7, 11) is 2.01. The SMILES string of the molecule is CN1CC(n2cc(-c3ccc(NC(=O)Nc4cc(C5(C(F)(F)F)CC5)no4)c(F)c3)c3c(N)ncnc32)C1. The molecule has 0 radical (unpaired) electrons. The normalized spacial score (nSPS) is 17.4. The Labute approximate surface area is 212 Å². The number of aromatic nitrogens is 4. The minimum absolute atomic E-state index is 0.0968. The summed E-state index contributed by atoms with van der Waals surface area (Å²) >= 11 is 0. The van der Waals surface area contributed by atoms with Crippen LogP contribution in [0.1, 0.15) is 24.6 Å². The van der Waals surface area contributed by atoms with Gasteiger partial charge in [0.15, 0.2) is 0 Å². The lowest BCUT2D eigenvalue weighted by molar-refractivity contribution is -0.161. The number of alkyl halides is 3. The van der Waals surface area contributed by atoms with Crippen molar-refractivity contribution in [3.63, 3.8) is 0 Å². The molecule has 198 valence electrons. The van der Waals surface area contributed by atoms with Gasteiger partial charge in [0.2, 0.25) is 5.88 Å². The quantitative estimate of drug-likeness (QED) is 0.324. The van der Waals surface area contributed by atoms with Crippen molar-refractivity contribution in [2.75, 3.05) is 36.5 Å². The number of urea groups is 1. The fourth-order valence-corrected chi connectivity index (χ4v) is 4.87. The molecule has 4 heterocycles. The molecule has 0 unspecified atom stereocenters. The van der Waals surface area contributed by atoms with Gasteiger partial charge in [0, 0.05) is 30.9 Å². The predicted molar refractivity (Wildman–Crippen MR) is 130 cm³/mol. The van der Waals surface area contributed by atoms with Crippen LogP contribution in [-0.2, 0) is 5.41 Å². The molecule has 14 heteroatoms. The van der Waals surface area contributed by atoms with Crippen LogP contribution in [0.2, 0.25) is 0 Å². The van der Waals surface area contributed by atoms with Gasteiger partial charge in [-0.1, -0.05) is 11.2 Å².